The van der Waals surface area contributed by atoms with Crippen LogP contribution in [0.25, 0.3) is 0 Å². The molecular weight excluding hydrogens is 496 g/mol. The van der Waals surface area contributed by atoms with Gasteiger partial charge in [0.15, 0.2) is 6.29 Å². The van der Waals surface area contributed by atoms with Gasteiger partial charge in [0.2, 0.25) is 0 Å². The van der Waals surface area contributed by atoms with Crippen molar-refractivity contribution in [1.82, 2.24) is 0 Å². The monoisotopic (exact) mass is 548 g/mol. The molecule has 216 valence electrons. The Kier molecular flexibility index (Phi) is 8.84. The Bertz CT molecular complexity index is 995. The van der Waals surface area contributed by atoms with Gasteiger partial charge in [0.05, 0.1) is 19.0 Å². The minimum absolute atomic E-state index is 0.0259. The van der Waals surface area contributed by atoms with E-state index in [1.54, 1.807) is 11.1 Å². The molecule has 0 bridgehead atoms. The van der Waals surface area contributed by atoms with Gasteiger partial charge in [-0.2, -0.15) is 8.42 Å². The highest BCUT2D eigenvalue weighted by atomic mass is 32.2. The number of unbranched alkanes of at least 4 members (excludes halogenated alkanes) is 2. The molecule has 0 amide bonds. The van der Waals surface area contributed by atoms with E-state index in [2.05, 4.69) is 32.9 Å². The molecule has 0 spiro atoms. The van der Waals surface area contributed by atoms with Gasteiger partial charge < -0.3 is 9.47 Å². The molecule has 5 aliphatic rings. The topological polar surface area (TPSA) is 61.8 Å². The van der Waals surface area contributed by atoms with Gasteiger partial charge in [-0.1, -0.05) is 37.1 Å². The average molecular weight is 549 g/mol. The van der Waals surface area contributed by atoms with E-state index in [1.807, 2.05) is 0 Å². The van der Waals surface area contributed by atoms with E-state index in [9.17, 15) is 8.42 Å². The molecule has 0 radical (unpaired) electrons. The lowest BCUT2D eigenvalue weighted by atomic mass is 9.47. The molecule has 4 aliphatic carbocycles. The molecule has 6 heteroatoms. The second-order valence-electron chi connectivity index (χ2n) is 13.7. The highest BCUT2D eigenvalue weighted by Crippen LogP contribution is 2.67. The summed E-state index contributed by atoms with van der Waals surface area (Å²) < 4.78 is 39.6. The van der Waals surface area contributed by atoms with Crippen LogP contribution in [0.3, 0.4) is 0 Å². The van der Waals surface area contributed by atoms with Crippen molar-refractivity contribution in [3.63, 3.8) is 0 Å². The van der Waals surface area contributed by atoms with E-state index in [0.29, 0.717) is 29.5 Å². The van der Waals surface area contributed by atoms with E-state index >= 15 is 0 Å². The largest absolute Gasteiger partial charge is 0.353 e. The SMILES string of the molecule is C/C(=C\CCCCOS(C)(=O)=O)[C@H]1CC[C@H]2[C@@H]3CC=C4C[C@@H](OC5CCCCO5)CC[C@]4(C)[C@H]3CC[C@]12C. The maximum atomic E-state index is 11.2. The minimum Gasteiger partial charge on any atom is -0.353 e. The Morgan fingerprint density at radius 1 is 1.08 bits per heavy atom. The average Bonchev–Trinajstić information content (AvgIpc) is 3.23. The van der Waals surface area contributed by atoms with Gasteiger partial charge in [-0.25, -0.2) is 0 Å². The lowest BCUT2D eigenvalue weighted by Crippen LogP contribution is -2.50. The predicted octanol–water partition coefficient (Wildman–Crippen LogP) is 7.57. The van der Waals surface area contributed by atoms with Crippen LogP contribution in [-0.2, 0) is 23.8 Å². The zero-order valence-corrected chi connectivity index (χ0v) is 25.2. The Labute approximate surface area is 232 Å². The highest BCUT2D eigenvalue weighted by molar-refractivity contribution is 7.85. The smallest absolute Gasteiger partial charge is 0.264 e. The number of ether oxygens (including phenoxy) is 2. The van der Waals surface area contributed by atoms with Crippen molar-refractivity contribution in [3.8, 4) is 0 Å². The number of hydrogen-bond acceptors (Lipinski definition) is 5. The lowest BCUT2D eigenvalue weighted by Gasteiger charge is -2.58. The molecule has 1 unspecified atom stereocenters. The van der Waals surface area contributed by atoms with Gasteiger partial charge in [0.1, 0.15) is 0 Å². The third-order valence-corrected chi connectivity index (χ3v) is 12.0. The van der Waals surface area contributed by atoms with Crippen LogP contribution < -0.4 is 0 Å². The zero-order chi connectivity index (χ0) is 27.0. The van der Waals surface area contributed by atoms with Crippen LogP contribution in [0.2, 0.25) is 0 Å². The van der Waals surface area contributed by atoms with Crippen molar-refractivity contribution in [2.75, 3.05) is 19.5 Å². The quantitative estimate of drug-likeness (QED) is 0.169. The van der Waals surface area contributed by atoms with Crippen LogP contribution in [-0.4, -0.2) is 40.3 Å². The molecule has 3 saturated carbocycles. The first-order valence-corrected chi connectivity index (χ1v) is 17.4. The summed E-state index contributed by atoms with van der Waals surface area (Å²) in [5, 5.41) is 0. The molecule has 1 saturated heterocycles. The summed E-state index contributed by atoms with van der Waals surface area (Å²) in [4.78, 5) is 0. The Morgan fingerprint density at radius 2 is 1.92 bits per heavy atom. The fourth-order valence-electron chi connectivity index (χ4n) is 9.45. The molecule has 0 aromatic rings. The summed E-state index contributed by atoms with van der Waals surface area (Å²) in [6.45, 7) is 8.72. The first-order valence-electron chi connectivity index (χ1n) is 15.6. The maximum absolute atomic E-state index is 11.2. The Balaban J connectivity index is 1.19. The van der Waals surface area contributed by atoms with Crippen LogP contribution in [0.5, 0.6) is 0 Å². The van der Waals surface area contributed by atoms with Gasteiger partial charge in [-0.3, -0.25) is 4.18 Å². The van der Waals surface area contributed by atoms with E-state index in [-0.39, 0.29) is 6.29 Å². The standard InChI is InChI=1S/C32H52O5S/c1-23(10-6-5-8-21-36-38(4,33)34)27-14-15-28-26-13-12-24-22-25(37-30-11-7-9-20-35-30)16-18-31(24,2)29(26)17-19-32(27,28)3/h10,12,25-30H,5-9,11,13-22H2,1-4H3/b23-10+/t25-,26-,27+,28-,29-,30?,31-,32+/m0/s1. The van der Waals surface area contributed by atoms with E-state index in [0.717, 1.165) is 62.7 Å². The van der Waals surface area contributed by atoms with Crippen molar-refractivity contribution in [3.05, 3.63) is 23.3 Å². The summed E-state index contributed by atoms with van der Waals surface area (Å²) in [6.07, 6.45) is 23.1. The number of hydrogen-bond donors (Lipinski definition) is 0. The van der Waals surface area contributed by atoms with E-state index in [1.165, 1.54) is 57.8 Å². The van der Waals surface area contributed by atoms with E-state index in [4.69, 9.17) is 13.7 Å². The zero-order valence-electron chi connectivity index (χ0n) is 24.4. The number of rotatable bonds is 9. The van der Waals surface area contributed by atoms with Crippen LogP contribution in [0.15, 0.2) is 23.3 Å². The molecule has 38 heavy (non-hydrogen) atoms. The van der Waals surface area contributed by atoms with Crippen LogP contribution >= 0.6 is 0 Å². The molecule has 1 heterocycles. The van der Waals surface area contributed by atoms with Crippen molar-refractivity contribution >= 4 is 10.1 Å². The molecule has 0 aromatic carbocycles. The van der Waals surface area contributed by atoms with Gasteiger partial charge in [-0.05, 0) is 131 Å². The second-order valence-corrected chi connectivity index (χ2v) is 15.3. The predicted molar refractivity (Wildman–Crippen MR) is 152 cm³/mol. The van der Waals surface area contributed by atoms with Gasteiger partial charge >= 0.3 is 0 Å². The first-order chi connectivity index (χ1) is 18.1. The van der Waals surface area contributed by atoms with Crippen molar-refractivity contribution in [1.29, 1.82) is 0 Å². The second kappa shape index (κ2) is 11.7. The van der Waals surface area contributed by atoms with Gasteiger partial charge in [0.25, 0.3) is 10.1 Å². The molecule has 1 aliphatic heterocycles. The molecule has 0 aromatic heterocycles. The summed E-state index contributed by atoms with van der Waals surface area (Å²) in [5.41, 5.74) is 4.04. The first kappa shape index (κ1) is 28.8. The normalized spacial score (nSPS) is 41.7. The molecule has 4 fully saturated rings. The fraction of sp³-hybridized carbons (Fsp3) is 0.875. The number of allylic oxidation sites excluding steroid dienone is 3. The number of fused-ring (bicyclic) bond motifs is 5. The molecule has 0 N–H and O–H groups in total. The van der Waals surface area contributed by atoms with Crippen molar-refractivity contribution in [2.24, 2.45) is 34.5 Å². The van der Waals surface area contributed by atoms with E-state index < -0.39 is 10.1 Å². The van der Waals surface area contributed by atoms with Crippen LogP contribution in [0.4, 0.5) is 0 Å². The molecule has 8 atom stereocenters. The lowest BCUT2D eigenvalue weighted by molar-refractivity contribution is -0.195. The van der Waals surface area contributed by atoms with Crippen molar-refractivity contribution < 1.29 is 22.1 Å². The Morgan fingerprint density at radius 3 is 2.68 bits per heavy atom. The summed E-state index contributed by atoms with van der Waals surface area (Å²) in [7, 11) is -3.32. The van der Waals surface area contributed by atoms with Crippen LogP contribution in [0.1, 0.15) is 111 Å². The fourth-order valence-corrected chi connectivity index (χ4v) is 9.87. The third kappa shape index (κ3) is 5.99. The summed E-state index contributed by atoms with van der Waals surface area (Å²) >= 11 is 0. The third-order valence-electron chi connectivity index (χ3n) is 11.5. The summed E-state index contributed by atoms with van der Waals surface area (Å²) in [5.74, 6) is 3.17. The van der Waals surface area contributed by atoms with Gasteiger partial charge in [0, 0.05) is 6.61 Å². The molecule has 5 nitrogen and oxygen atoms in total. The molecular formula is C32H52O5S. The highest BCUT2D eigenvalue weighted by Gasteiger charge is 2.58. The maximum Gasteiger partial charge on any atom is 0.264 e. The summed E-state index contributed by atoms with van der Waals surface area (Å²) in [6, 6.07) is 0. The Hall–Kier alpha value is -0.690. The minimum atomic E-state index is -3.32. The molecule has 5 rings (SSSR count). The van der Waals surface area contributed by atoms with Gasteiger partial charge in [-0.15, -0.1) is 0 Å². The van der Waals surface area contributed by atoms with Crippen molar-refractivity contribution in [2.45, 2.75) is 123 Å². The van der Waals surface area contributed by atoms with Crippen LogP contribution in [0, 0.1) is 34.5 Å².